The Kier molecular flexibility index (Phi) is 7.16. The minimum Gasteiger partial charge on any atom is -0.465 e. The Balaban J connectivity index is 1.61. The quantitative estimate of drug-likeness (QED) is 0.536. The van der Waals surface area contributed by atoms with Gasteiger partial charge >= 0.3 is 11.9 Å². The summed E-state index contributed by atoms with van der Waals surface area (Å²) in [6, 6.07) is 22.3. The van der Waals surface area contributed by atoms with Gasteiger partial charge in [-0.05, 0) is 35.4 Å². The van der Waals surface area contributed by atoms with E-state index in [0.717, 1.165) is 16.3 Å². The molecule has 0 aromatic heterocycles. The number of fused-ring (bicyclic) bond motifs is 1. The molecule has 6 nitrogen and oxygen atoms in total. The van der Waals surface area contributed by atoms with Crippen LogP contribution in [0.15, 0.2) is 72.8 Å². The predicted octanol–water partition coefficient (Wildman–Crippen LogP) is 3.52. The Labute approximate surface area is 175 Å². The maximum atomic E-state index is 12.7. The van der Waals surface area contributed by atoms with Gasteiger partial charge in [-0.2, -0.15) is 0 Å². The molecule has 0 N–H and O–H groups in total. The van der Waals surface area contributed by atoms with Crippen LogP contribution in [-0.4, -0.2) is 37.6 Å². The van der Waals surface area contributed by atoms with Crippen molar-refractivity contribution in [1.29, 1.82) is 0 Å². The number of carbonyl (C=O) groups excluding carboxylic acids is 3. The summed E-state index contributed by atoms with van der Waals surface area (Å²) in [5.41, 5.74) is 1.33. The van der Waals surface area contributed by atoms with E-state index >= 15 is 0 Å². The van der Waals surface area contributed by atoms with Gasteiger partial charge in [-0.3, -0.25) is 19.3 Å². The van der Waals surface area contributed by atoms with Crippen LogP contribution in [0.1, 0.15) is 12.5 Å². The van der Waals surface area contributed by atoms with Crippen molar-refractivity contribution < 1.29 is 23.9 Å². The summed E-state index contributed by atoms with van der Waals surface area (Å²) >= 11 is 0. The molecule has 0 atom stereocenters. The molecule has 0 radical (unpaired) electrons. The average Bonchev–Trinajstić information content (AvgIpc) is 2.76. The third-order valence-electron chi connectivity index (χ3n) is 4.48. The Hall–Kier alpha value is -3.67. The number of anilines is 1. The fourth-order valence-electron chi connectivity index (χ4n) is 3.05. The number of hydrogen-bond acceptors (Lipinski definition) is 5. The second-order valence-corrected chi connectivity index (χ2v) is 6.64. The van der Waals surface area contributed by atoms with Crippen LogP contribution in [0.3, 0.4) is 0 Å². The zero-order valence-electron chi connectivity index (χ0n) is 16.7. The van der Waals surface area contributed by atoms with Gasteiger partial charge in [-0.1, -0.05) is 60.7 Å². The van der Waals surface area contributed by atoms with Crippen LogP contribution in [0.2, 0.25) is 0 Å². The Morgan fingerprint density at radius 1 is 0.800 bits per heavy atom. The van der Waals surface area contributed by atoms with Crippen molar-refractivity contribution >= 4 is 34.3 Å². The Morgan fingerprint density at radius 3 is 2.23 bits per heavy atom. The SMILES string of the molecule is CCOC(=O)CN(C(=O)COC(=O)Cc1ccc2ccccc2c1)c1ccccc1. The highest BCUT2D eigenvalue weighted by atomic mass is 16.5. The molecule has 1 amide bonds. The van der Waals surface area contributed by atoms with Gasteiger partial charge in [0.05, 0.1) is 13.0 Å². The Morgan fingerprint density at radius 2 is 1.50 bits per heavy atom. The summed E-state index contributed by atoms with van der Waals surface area (Å²) in [5.74, 6) is -1.54. The first-order chi connectivity index (χ1) is 14.6. The van der Waals surface area contributed by atoms with Crippen LogP contribution in [0.4, 0.5) is 5.69 Å². The van der Waals surface area contributed by atoms with E-state index in [1.165, 1.54) is 4.90 Å². The number of ether oxygens (including phenoxy) is 2. The Bertz CT molecular complexity index is 1030. The topological polar surface area (TPSA) is 72.9 Å². The normalized spacial score (nSPS) is 10.4. The van der Waals surface area contributed by atoms with Gasteiger partial charge < -0.3 is 9.47 Å². The first kappa shape index (κ1) is 21.0. The first-order valence-electron chi connectivity index (χ1n) is 9.71. The van der Waals surface area contributed by atoms with E-state index in [4.69, 9.17) is 9.47 Å². The third-order valence-corrected chi connectivity index (χ3v) is 4.48. The number of hydrogen-bond donors (Lipinski definition) is 0. The van der Waals surface area contributed by atoms with Gasteiger partial charge in [0, 0.05) is 5.69 Å². The fourth-order valence-corrected chi connectivity index (χ4v) is 3.05. The number of esters is 2. The lowest BCUT2D eigenvalue weighted by Crippen LogP contribution is -2.39. The van der Waals surface area contributed by atoms with Gasteiger partial charge in [0.1, 0.15) is 6.54 Å². The van der Waals surface area contributed by atoms with Crippen LogP contribution < -0.4 is 4.90 Å². The molecule has 3 aromatic rings. The molecule has 6 heteroatoms. The van der Waals surface area contributed by atoms with Crippen LogP contribution in [-0.2, 0) is 30.3 Å². The number of para-hydroxylation sites is 1. The van der Waals surface area contributed by atoms with Crippen LogP contribution in [0.5, 0.6) is 0 Å². The molecule has 0 fully saturated rings. The molecule has 3 aromatic carbocycles. The van der Waals surface area contributed by atoms with E-state index in [9.17, 15) is 14.4 Å². The lowest BCUT2D eigenvalue weighted by atomic mass is 10.1. The zero-order valence-corrected chi connectivity index (χ0v) is 16.7. The van der Waals surface area contributed by atoms with Gasteiger partial charge in [0.2, 0.25) is 0 Å². The smallest absolute Gasteiger partial charge is 0.326 e. The van der Waals surface area contributed by atoms with E-state index in [1.807, 2.05) is 42.5 Å². The average molecular weight is 405 g/mol. The lowest BCUT2D eigenvalue weighted by molar-refractivity contribution is -0.147. The molecule has 0 bridgehead atoms. The van der Waals surface area contributed by atoms with Crippen molar-refractivity contribution in [1.82, 2.24) is 0 Å². The molecule has 0 unspecified atom stereocenters. The van der Waals surface area contributed by atoms with Gasteiger partial charge in [-0.15, -0.1) is 0 Å². The number of nitrogens with zero attached hydrogens (tertiary/aromatic N) is 1. The summed E-state index contributed by atoms with van der Waals surface area (Å²) < 4.78 is 10.1. The van der Waals surface area contributed by atoms with E-state index in [2.05, 4.69) is 0 Å². The number of rotatable bonds is 8. The first-order valence-corrected chi connectivity index (χ1v) is 9.71. The molecule has 3 rings (SSSR count). The zero-order chi connectivity index (χ0) is 21.3. The summed E-state index contributed by atoms with van der Waals surface area (Å²) in [6.45, 7) is 1.21. The molecule has 0 heterocycles. The van der Waals surface area contributed by atoms with E-state index in [0.29, 0.717) is 5.69 Å². The number of carbonyl (C=O) groups is 3. The van der Waals surface area contributed by atoms with Crippen LogP contribution in [0, 0.1) is 0 Å². The maximum Gasteiger partial charge on any atom is 0.326 e. The van der Waals surface area contributed by atoms with E-state index in [-0.39, 0.29) is 19.6 Å². The summed E-state index contributed by atoms with van der Waals surface area (Å²) in [5, 5.41) is 2.12. The summed E-state index contributed by atoms with van der Waals surface area (Å²) in [6.07, 6.45) is 0.0569. The molecule has 30 heavy (non-hydrogen) atoms. The van der Waals surface area contributed by atoms with Gasteiger partial charge in [-0.25, -0.2) is 0 Å². The summed E-state index contributed by atoms with van der Waals surface area (Å²) in [4.78, 5) is 38.1. The van der Waals surface area contributed by atoms with Crippen LogP contribution in [0.25, 0.3) is 10.8 Å². The minimum atomic E-state index is -0.530. The molecule has 0 aliphatic carbocycles. The van der Waals surface area contributed by atoms with Crippen molar-refractivity contribution in [3.63, 3.8) is 0 Å². The van der Waals surface area contributed by atoms with Crippen molar-refractivity contribution in [3.8, 4) is 0 Å². The minimum absolute atomic E-state index is 0.0569. The largest absolute Gasteiger partial charge is 0.465 e. The molecule has 0 spiro atoms. The van der Waals surface area contributed by atoms with Crippen molar-refractivity contribution in [3.05, 3.63) is 78.4 Å². The highest BCUT2D eigenvalue weighted by Crippen LogP contribution is 2.17. The molecular formula is C24H23NO5. The summed E-state index contributed by atoms with van der Waals surface area (Å²) in [7, 11) is 0. The van der Waals surface area contributed by atoms with Gasteiger partial charge in [0.15, 0.2) is 6.61 Å². The molecule has 0 saturated heterocycles. The van der Waals surface area contributed by atoms with Crippen LogP contribution >= 0.6 is 0 Å². The molecular weight excluding hydrogens is 382 g/mol. The number of amides is 1. The molecule has 154 valence electrons. The maximum absolute atomic E-state index is 12.7. The molecule has 0 saturated carbocycles. The van der Waals surface area contributed by atoms with Crippen molar-refractivity contribution in [2.45, 2.75) is 13.3 Å². The molecule has 0 aliphatic heterocycles. The molecule has 0 aliphatic rings. The van der Waals surface area contributed by atoms with E-state index < -0.39 is 24.5 Å². The standard InChI is InChI=1S/C24H23NO5/c1-2-29-24(28)16-25(21-10-4-3-5-11-21)22(26)17-30-23(27)15-18-12-13-19-8-6-7-9-20(19)14-18/h3-14H,2,15-17H2,1H3. The number of benzene rings is 3. The fraction of sp³-hybridized carbons (Fsp3) is 0.208. The third kappa shape index (κ3) is 5.67. The highest BCUT2D eigenvalue weighted by molar-refractivity contribution is 5.99. The monoisotopic (exact) mass is 405 g/mol. The lowest BCUT2D eigenvalue weighted by Gasteiger charge is -2.21. The predicted molar refractivity (Wildman–Crippen MR) is 114 cm³/mol. The van der Waals surface area contributed by atoms with E-state index in [1.54, 1.807) is 37.3 Å². The second kappa shape index (κ2) is 10.2. The van der Waals surface area contributed by atoms with Crippen molar-refractivity contribution in [2.24, 2.45) is 0 Å². The highest BCUT2D eigenvalue weighted by Gasteiger charge is 2.21. The van der Waals surface area contributed by atoms with Crippen molar-refractivity contribution in [2.75, 3.05) is 24.7 Å². The van der Waals surface area contributed by atoms with Gasteiger partial charge in [0.25, 0.3) is 5.91 Å². The second-order valence-electron chi connectivity index (χ2n) is 6.64.